The molecule has 0 aliphatic rings. The minimum absolute atomic E-state index is 0. The number of anilines is 1. The largest absolute Gasteiger partial charge is 0.398 e. The Hall–Kier alpha value is -1.52. The second-order valence-electron chi connectivity index (χ2n) is 3.36. The molecule has 86 valence electrons. The third-order valence-corrected chi connectivity index (χ3v) is 2.30. The van der Waals surface area contributed by atoms with Gasteiger partial charge in [-0.1, -0.05) is 6.08 Å². The maximum absolute atomic E-state index is 8.70. The first-order valence-corrected chi connectivity index (χ1v) is 4.74. The topological polar surface area (TPSA) is 63.5 Å². The fourth-order valence-electron chi connectivity index (χ4n) is 1.52. The maximum atomic E-state index is 8.70. The molecule has 16 heavy (non-hydrogen) atoms. The number of fused-ring (bicyclic) bond motifs is 1. The maximum Gasteiger partial charge on any atom is 0.137 e. The van der Waals surface area contributed by atoms with E-state index in [9.17, 15) is 0 Å². The van der Waals surface area contributed by atoms with Crippen LogP contribution in [0.1, 0.15) is 11.4 Å². The highest BCUT2D eigenvalue weighted by molar-refractivity contribution is 5.85. The summed E-state index contributed by atoms with van der Waals surface area (Å²) in [7, 11) is 0. The van der Waals surface area contributed by atoms with E-state index in [1.54, 1.807) is 12.2 Å². The summed E-state index contributed by atoms with van der Waals surface area (Å²) < 4.78 is 1.94. The zero-order chi connectivity index (χ0) is 10.8. The van der Waals surface area contributed by atoms with Crippen molar-refractivity contribution in [2.45, 2.75) is 6.92 Å². The van der Waals surface area contributed by atoms with Crippen LogP contribution in [0, 0.1) is 6.92 Å². The number of aliphatic hydroxyl groups is 1. The van der Waals surface area contributed by atoms with Gasteiger partial charge < -0.3 is 15.2 Å². The van der Waals surface area contributed by atoms with Gasteiger partial charge in [-0.15, -0.1) is 12.4 Å². The van der Waals surface area contributed by atoms with Crippen molar-refractivity contribution in [3.05, 3.63) is 35.8 Å². The SMILES string of the molecule is Cc1c(/C=C/CO)nc2ccc(N)cn12.Cl. The molecule has 2 aromatic rings. The number of nitrogen functional groups attached to an aromatic ring is 1. The Bertz CT molecular complexity index is 519. The third-order valence-electron chi connectivity index (χ3n) is 2.30. The van der Waals surface area contributed by atoms with Gasteiger partial charge in [-0.2, -0.15) is 0 Å². The molecule has 3 N–H and O–H groups in total. The van der Waals surface area contributed by atoms with E-state index in [0.29, 0.717) is 5.69 Å². The number of aromatic nitrogens is 2. The van der Waals surface area contributed by atoms with Crippen LogP contribution in [0.4, 0.5) is 5.69 Å². The zero-order valence-electron chi connectivity index (χ0n) is 8.92. The van der Waals surface area contributed by atoms with Crippen molar-refractivity contribution >= 4 is 29.8 Å². The molecular formula is C11H14ClN3O. The molecule has 5 heteroatoms. The second-order valence-corrected chi connectivity index (χ2v) is 3.36. The Morgan fingerprint density at radius 3 is 2.94 bits per heavy atom. The van der Waals surface area contributed by atoms with Crippen molar-refractivity contribution < 1.29 is 5.11 Å². The van der Waals surface area contributed by atoms with E-state index in [1.807, 2.05) is 29.7 Å². The Labute approximate surface area is 99.8 Å². The molecule has 0 unspecified atom stereocenters. The van der Waals surface area contributed by atoms with Gasteiger partial charge in [0, 0.05) is 17.6 Å². The highest BCUT2D eigenvalue weighted by atomic mass is 35.5. The van der Waals surface area contributed by atoms with Gasteiger partial charge in [-0.25, -0.2) is 4.98 Å². The third kappa shape index (κ3) is 2.18. The first kappa shape index (κ1) is 12.5. The lowest BCUT2D eigenvalue weighted by Gasteiger charge is -1.97. The molecule has 0 spiro atoms. The number of hydrogen-bond donors (Lipinski definition) is 2. The summed E-state index contributed by atoms with van der Waals surface area (Å²) in [6, 6.07) is 3.69. The van der Waals surface area contributed by atoms with Crippen molar-refractivity contribution in [1.29, 1.82) is 0 Å². The number of pyridine rings is 1. The van der Waals surface area contributed by atoms with Crippen LogP contribution in [0.15, 0.2) is 24.4 Å². The van der Waals surface area contributed by atoms with Gasteiger partial charge in [0.15, 0.2) is 0 Å². The lowest BCUT2D eigenvalue weighted by molar-refractivity contribution is 0.343. The quantitative estimate of drug-likeness (QED) is 0.838. The summed E-state index contributed by atoms with van der Waals surface area (Å²) in [5.41, 5.74) is 9.14. The van der Waals surface area contributed by atoms with Crippen LogP contribution >= 0.6 is 12.4 Å². The van der Waals surface area contributed by atoms with Gasteiger partial charge in [0.25, 0.3) is 0 Å². The second kappa shape index (κ2) is 5.01. The van der Waals surface area contributed by atoms with Crippen molar-refractivity contribution in [1.82, 2.24) is 9.38 Å². The summed E-state index contributed by atoms with van der Waals surface area (Å²) in [5.74, 6) is 0. The number of rotatable bonds is 2. The van der Waals surface area contributed by atoms with E-state index >= 15 is 0 Å². The molecule has 0 saturated heterocycles. The van der Waals surface area contributed by atoms with Crippen LogP contribution in [0.2, 0.25) is 0 Å². The van der Waals surface area contributed by atoms with Gasteiger partial charge in [0.1, 0.15) is 5.65 Å². The van der Waals surface area contributed by atoms with E-state index in [1.165, 1.54) is 0 Å². The lowest BCUT2D eigenvalue weighted by atomic mass is 10.3. The smallest absolute Gasteiger partial charge is 0.137 e. The van der Waals surface area contributed by atoms with Crippen LogP contribution in [0.5, 0.6) is 0 Å². The van der Waals surface area contributed by atoms with Crippen LogP contribution in [0.25, 0.3) is 11.7 Å². The monoisotopic (exact) mass is 239 g/mol. The van der Waals surface area contributed by atoms with E-state index in [0.717, 1.165) is 17.0 Å². The van der Waals surface area contributed by atoms with E-state index < -0.39 is 0 Å². The molecule has 0 fully saturated rings. The molecule has 0 saturated carbocycles. The van der Waals surface area contributed by atoms with Crippen molar-refractivity contribution in [3.8, 4) is 0 Å². The average Bonchev–Trinajstić information content (AvgIpc) is 2.53. The van der Waals surface area contributed by atoms with Gasteiger partial charge >= 0.3 is 0 Å². The normalized spacial score (nSPS) is 10.9. The molecule has 0 bridgehead atoms. The Morgan fingerprint density at radius 2 is 2.25 bits per heavy atom. The molecule has 0 amide bonds. The fourth-order valence-corrected chi connectivity index (χ4v) is 1.52. The number of aliphatic hydroxyl groups excluding tert-OH is 1. The number of halogens is 1. The lowest BCUT2D eigenvalue weighted by Crippen LogP contribution is -1.91. The molecular weight excluding hydrogens is 226 g/mol. The number of imidazole rings is 1. The summed E-state index contributed by atoms with van der Waals surface area (Å²) in [6.45, 7) is 1.99. The predicted octanol–water partition coefficient (Wildman–Crippen LogP) is 1.65. The van der Waals surface area contributed by atoms with Crippen LogP contribution < -0.4 is 5.73 Å². The summed E-state index contributed by atoms with van der Waals surface area (Å²) in [5, 5.41) is 8.70. The molecule has 0 aliphatic heterocycles. The number of nitrogens with zero attached hydrogens (tertiary/aromatic N) is 2. The molecule has 0 radical (unpaired) electrons. The minimum Gasteiger partial charge on any atom is -0.398 e. The fraction of sp³-hybridized carbons (Fsp3) is 0.182. The highest BCUT2D eigenvalue weighted by Gasteiger charge is 2.04. The highest BCUT2D eigenvalue weighted by Crippen LogP contribution is 2.15. The average molecular weight is 240 g/mol. The summed E-state index contributed by atoms with van der Waals surface area (Å²) >= 11 is 0. The zero-order valence-corrected chi connectivity index (χ0v) is 9.74. The van der Waals surface area contributed by atoms with Crippen molar-refractivity contribution in [3.63, 3.8) is 0 Å². The Kier molecular flexibility index (Phi) is 3.93. The molecule has 4 nitrogen and oxygen atoms in total. The van der Waals surface area contributed by atoms with Crippen molar-refractivity contribution in [2.75, 3.05) is 12.3 Å². The predicted molar refractivity (Wildman–Crippen MR) is 67.7 cm³/mol. The Balaban J connectivity index is 0.00000128. The standard InChI is InChI=1S/C11H13N3O.ClH/c1-8-10(3-2-6-15)13-11-5-4-9(12)7-14(8)11;/h2-5,7,15H,6,12H2,1H3;1H/b3-2+;. The van der Waals surface area contributed by atoms with Crippen LogP contribution in [0.3, 0.4) is 0 Å². The first-order valence-electron chi connectivity index (χ1n) is 4.74. The van der Waals surface area contributed by atoms with Gasteiger partial charge in [-0.05, 0) is 25.1 Å². The van der Waals surface area contributed by atoms with E-state index in [4.69, 9.17) is 10.8 Å². The van der Waals surface area contributed by atoms with Crippen LogP contribution in [-0.4, -0.2) is 21.1 Å². The molecule has 2 rings (SSSR count). The summed E-state index contributed by atoms with van der Waals surface area (Å²) in [4.78, 5) is 4.40. The minimum atomic E-state index is 0. The number of nitrogens with two attached hydrogens (primary N) is 1. The molecule has 0 atom stereocenters. The van der Waals surface area contributed by atoms with Gasteiger partial charge in [0.05, 0.1) is 12.3 Å². The summed E-state index contributed by atoms with van der Waals surface area (Å²) in [6.07, 6.45) is 5.31. The van der Waals surface area contributed by atoms with Crippen molar-refractivity contribution in [2.24, 2.45) is 0 Å². The van der Waals surface area contributed by atoms with E-state index in [-0.39, 0.29) is 19.0 Å². The van der Waals surface area contributed by atoms with Gasteiger partial charge in [0.2, 0.25) is 0 Å². The molecule has 2 heterocycles. The molecule has 0 aromatic carbocycles. The van der Waals surface area contributed by atoms with E-state index in [2.05, 4.69) is 4.98 Å². The molecule has 2 aromatic heterocycles. The number of aryl methyl sites for hydroxylation is 1. The molecule has 0 aliphatic carbocycles. The first-order chi connectivity index (χ1) is 7.22. The van der Waals surface area contributed by atoms with Gasteiger partial charge in [-0.3, -0.25) is 0 Å². The Morgan fingerprint density at radius 1 is 1.50 bits per heavy atom. The van der Waals surface area contributed by atoms with Crippen LogP contribution in [-0.2, 0) is 0 Å². The number of hydrogen-bond acceptors (Lipinski definition) is 3.